The van der Waals surface area contributed by atoms with Gasteiger partial charge in [0.15, 0.2) is 0 Å². The lowest BCUT2D eigenvalue weighted by atomic mass is 10.1. The molecular formula is C16H15ClN2. The normalized spacial score (nSPS) is 17.6. The summed E-state index contributed by atoms with van der Waals surface area (Å²) in [5, 5.41) is 7.69. The van der Waals surface area contributed by atoms with Gasteiger partial charge in [0.25, 0.3) is 0 Å². The maximum atomic E-state index is 6.14. The molecule has 1 aliphatic rings. The lowest BCUT2D eigenvalue weighted by Gasteiger charge is -2.26. The Morgan fingerprint density at radius 1 is 1.00 bits per heavy atom. The maximum absolute atomic E-state index is 6.14. The van der Waals surface area contributed by atoms with Crippen molar-refractivity contribution in [2.45, 2.75) is 6.04 Å². The first kappa shape index (κ1) is 12.1. The minimum absolute atomic E-state index is 0.270. The van der Waals surface area contributed by atoms with Gasteiger partial charge >= 0.3 is 0 Å². The van der Waals surface area contributed by atoms with E-state index in [0.29, 0.717) is 0 Å². The van der Waals surface area contributed by atoms with E-state index in [9.17, 15) is 0 Å². The van der Waals surface area contributed by atoms with Crippen LogP contribution in [0.1, 0.15) is 5.56 Å². The molecule has 1 heterocycles. The van der Waals surface area contributed by atoms with Gasteiger partial charge in [-0.1, -0.05) is 54.1 Å². The van der Waals surface area contributed by atoms with E-state index in [4.69, 9.17) is 11.6 Å². The van der Waals surface area contributed by atoms with Crippen molar-refractivity contribution in [3.05, 3.63) is 65.2 Å². The third kappa shape index (κ3) is 2.74. The Kier molecular flexibility index (Phi) is 3.43. The van der Waals surface area contributed by atoms with Gasteiger partial charge in [0.2, 0.25) is 0 Å². The van der Waals surface area contributed by atoms with E-state index in [-0.39, 0.29) is 6.04 Å². The monoisotopic (exact) mass is 270 g/mol. The highest BCUT2D eigenvalue weighted by atomic mass is 35.5. The van der Waals surface area contributed by atoms with Crippen LogP contribution in [0.2, 0.25) is 5.02 Å². The summed E-state index contributed by atoms with van der Waals surface area (Å²) >= 11 is 6.14. The zero-order valence-electron chi connectivity index (χ0n) is 10.4. The van der Waals surface area contributed by atoms with Crippen molar-refractivity contribution in [2.75, 3.05) is 17.2 Å². The molecule has 2 aromatic carbocycles. The summed E-state index contributed by atoms with van der Waals surface area (Å²) in [6, 6.07) is 16.4. The van der Waals surface area contributed by atoms with Gasteiger partial charge < -0.3 is 10.6 Å². The van der Waals surface area contributed by atoms with Crippen LogP contribution in [0.15, 0.2) is 54.6 Å². The van der Waals surface area contributed by atoms with E-state index in [1.54, 1.807) is 0 Å². The predicted molar refractivity (Wildman–Crippen MR) is 82.8 cm³/mol. The van der Waals surface area contributed by atoms with Crippen LogP contribution in [-0.2, 0) is 0 Å². The Morgan fingerprint density at radius 2 is 1.74 bits per heavy atom. The van der Waals surface area contributed by atoms with Crippen molar-refractivity contribution >= 4 is 29.1 Å². The number of hydrogen-bond donors (Lipinski definition) is 2. The van der Waals surface area contributed by atoms with E-state index < -0.39 is 0 Å². The number of anilines is 2. The van der Waals surface area contributed by atoms with Crippen molar-refractivity contribution in [3.63, 3.8) is 0 Å². The summed E-state index contributed by atoms with van der Waals surface area (Å²) in [6.45, 7) is 0.873. The van der Waals surface area contributed by atoms with Crippen LogP contribution in [0.25, 0.3) is 6.08 Å². The van der Waals surface area contributed by atoms with Crippen LogP contribution >= 0.6 is 11.6 Å². The van der Waals surface area contributed by atoms with E-state index >= 15 is 0 Å². The van der Waals surface area contributed by atoms with Crippen LogP contribution in [0.5, 0.6) is 0 Å². The quantitative estimate of drug-likeness (QED) is 0.852. The van der Waals surface area contributed by atoms with Crippen molar-refractivity contribution in [1.29, 1.82) is 0 Å². The molecule has 0 amide bonds. The number of halogens is 1. The van der Waals surface area contributed by atoms with Gasteiger partial charge in [0.05, 0.1) is 17.4 Å². The van der Waals surface area contributed by atoms with Gasteiger partial charge in [0.1, 0.15) is 0 Å². The molecule has 0 radical (unpaired) electrons. The molecule has 2 nitrogen and oxygen atoms in total. The van der Waals surface area contributed by atoms with E-state index in [0.717, 1.165) is 28.5 Å². The Morgan fingerprint density at radius 3 is 2.58 bits per heavy atom. The first-order chi connectivity index (χ1) is 9.33. The molecule has 2 N–H and O–H groups in total. The van der Waals surface area contributed by atoms with Crippen molar-refractivity contribution in [1.82, 2.24) is 0 Å². The largest absolute Gasteiger partial charge is 0.381 e. The zero-order valence-corrected chi connectivity index (χ0v) is 11.2. The third-order valence-electron chi connectivity index (χ3n) is 3.19. The highest BCUT2D eigenvalue weighted by Crippen LogP contribution is 2.26. The molecule has 3 heteroatoms. The minimum Gasteiger partial charge on any atom is -0.381 e. The lowest BCUT2D eigenvalue weighted by molar-refractivity contribution is 0.896. The molecule has 1 aliphatic heterocycles. The Bertz CT molecular complexity index is 607. The lowest BCUT2D eigenvalue weighted by Crippen LogP contribution is -2.30. The summed E-state index contributed by atoms with van der Waals surface area (Å²) in [5.74, 6) is 0. The highest BCUT2D eigenvalue weighted by molar-refractivity contribution is 6.32. The molecule has 0 unspecified atom stereocenters. The highest BCUT2D eigenvalue weighted by Gasteiger charge is 2.13. The van der Waals surface area contributed by atoms with Gasteiger partial charge in [-0.15, -0.1) is 0 Å². The van der Waals surface area contributed by atoms with Crippen LogP contribution in [-0.4, -0.2) is 12.6 Å². The van der Waals surface area contributed by atoms with Crippen molar-refractivity contribution in [3.8, 4) is 0 Å². The first-order valence-corrected chi connectivity index (χ1v) is 6.73. The molecule has 0 saturated heterocycles. The summed E-state index contributed by atoms with van der Waals surface area (Å²) in [6.07, 6.45) is 4.21. The number of fused-ring (bicyclic) bond motifs is 1. The molecule has 96 valence electrons. The number of para-hydroxylation sites is 2. The molecule has 1 atom stereocenters. The van der Waals surface area contributed by atoms with Crippen LogP contribution < -0.4 is 10.6 Å². The van der Waals surface area contributed by atoms with Gasteiger partial charge in [-0.3, -0.25) is 0 Å². The summed E-state index contributed by atoms with van der Waals surface area (Å²) in [5.41, 5.74) is 3.34. The Balaban J connectivity index is 1.74. The maximum Gasteiger partial charge on any atom is 0.0621 e. The zero-order chi connectivity index (χ0) is 13.1. The molecule has 0 saturated carbocycles. The Labute approximate surface area is 118 Å². The summed E-state index contributed by atoms with van der Waals surface area (Å²) < 4.78 is 0. The minimum atomic E-state index is 0.270. The first-order valence-electron chi connectivity index (χ1n) is 6.35. The fourth-order valence-corrected chi connectivity index (χ4v) is 2.38. The summed E-state index contributed by atoms with van der Waals surface area (Å²) in [4.78, 5) is 0. The number of rotatable bonds is 2. The topological polar surface area (TPSA) is 24.1 Å². The molecule has 19 heavy (non-hydrogen) atoms. The SMILES string of the molecule is Clc1ccccc1/C=C/[C@H]1CNc2ccccc2N1. The van der Waals surface area contributed by atoms with E-state index in [1.165, 1.54) is 0 Å². The van der Waals surface area contributed by atoms with Crippen LogP contribution in [0.4, 0.5) is 11.4 Å². The van der Waals surface area contributed by atoms with Crippen LogP contribution in [0.3, 0.4) is 0 Å². The average Bonchev–Trinajstić information content (AvgIpc) is 2.46. The average molecular weight is 271 g/mol. The molecule has 0 aromatic heterocycles. The molecule has 3 rings (SSSR count). The predicted octanol–water partition coefficient (Wildman–Crippen LogP) is 4.26. The molecule has 2 aromatic rings. The van der Waals surface area contributed by atoms with Gasteiger partial charge in [-0.2, -0.15) is 0 Å². The summed E-state index contributed by atoms with van der Waals surface area (Å²) in [7, 11) is 0. The van der Waals surface area contributed by atoms with Crippen molar-refractivity contribution in [2.24, 2.45) is 0 Å². The van der Waals surface area contributed by atoms with E-state index in [1.807, 2.05) is 36.4 Å². The second-order valence-corrected chi connectivity index (χ2v) is 4.97. The number of nitrogens with one attached hydrogen (secondary N) is 2. The molecule has 0 bridgehead atoms. The third-order valence-corrected chi connectivity index (χ3v) is 3.54. The van der Waals surface area contributed by atoms with E-state index in [2.05, 4.69) is 34.9 Å². The van der Waals surface area contributed by atoms with Crippen molar-refractivity contribution < 1.29 is 0 Å². The van der Waals surface area contributed by atoms with Gasteiger partial charge in [0, 0.05) is 11.6 Å². The Hall–Kier alpha value is -1.93. The number of hydrogen-bond acceptors (Lipinski definition) is 2. The van der Waals surface area contributed by atoms with Gasteiger partial charge in [-0.25, -0.2) is 0 Å². The fraction of sp³-hybridized carbons (Fsp3) is 0.125. The fourth-order valence-electron chi connectivity index (χ4n) is 2.18. The molecule has 0 spiro atoms. The molecule has 0 fully saturated rings. The smallest absolute Gasteiger partial charge is 0.0621 e. The second kappa shape index (κ2) is 5.37. The molecular weight excluding hydrogens is 256 g/mol. The standard InChI is InChI=1S/C16H15ClN2/c17-14-6-2-1-5-12(14)9-10-13-11-18-15-7-3-4-8-16(15)19-13/h1-10,13,18-19H,11H2/b10-9+/t13-/m0/s1. The van der Waals surface area contributed by atoms with Crippen LogP contribution in [0, 0.1) is 0 Å². The van der Waals surface area contributed by atoms with Gasteiger partial charge in [-0.05, 0) is 23.8 Å². The number of benzene rings is 2. The molecule has 0 aliphatic carbocycles. The second-order valence-electron chi connectivity index (χ2n) is 4.56.